The van der Waals surface area contributed by atoms with E-state index in [-0.39, 0.29) is 17.3 Å². The lowest BCUT2D eigenvalue weighted by atomic mass is 10.1. The van der Waals surface area contributed by atoms with Crippen molar-refractivity contribution >= 4 is 42.8 Å². The first kappa shape index (κ1) is 28.3. The average molecular weight is 595 g/mol. The Morgan fingerprint density at radius 1 is 0.512 bits per heavy atom. The first-order chi connectivity index (χ1) is 19.9. The largest absolute Gasteiger partial charge is 0.497 e. The van der Waals surface area contributed by atoms with Gasteiger partial charge in [0, 0.05) is 9.75 Å². The number of ether oxygens (including phenoxy) is 4. The molecule has 9 heteroatoms. The van der Waals surface area contributed by atoms with Crippen molar-refractivity contribution in [3.05, 3.63) is 96.3 Å². The Labute approximate surface area is 243 Å². The van der Waals surface area contributed by atoms with Crippen molar-refractivity contribution in [2.24, 2.45) is 0 Å². The molecule has 6 aromatic rings. The molecule has 0 aliphatic carbocycles. The van der Waals surface area contributed by atoms with Crippen LogP contribution in [0.4, 0.5) is 13.2 Å². The molecule has 4 nitrogen and oxygen atoms in total. The van der Waals surface area contributed by atoms with Gasteiger partial charge in [0.2, 0.25) is 0 Å². The van der Waals surface area contributed by atoms with Crippen LogP contribution in [0.15, 0.2) is 78.9 Å². The summed E-state index contributed by atoms with van der Waals surface area (Å²) in [5, 5.41) is 1.42. The van der Waals surface area contributed by atoms with Crippen molar-refractivity contribution in [3.63, 3.8) is 0 Å². The van der Waals surface area contributed by atoms with Crippen LogP contribution in [0.3, 0.4) is 0 Å². The summed E-state index contributed by atoms with van der Waals surface area (Å²) in [5.74, 6) is -0.152. The van der Waals surface area contributed by atoms with Crippen molar-refractivity contribution in [2.45, 2.75) is 0 Å². The lowest BCUT2D eigenvalue weighted by molar-refractivity contribution is 0.363. The number of hydrogen-bond acceptors (Lipinski definition) is 6. The van der Waals surface area contributed by atoms with E-state index in [1.54, 1.807) is 26.4 Å². The van der Waals surface area contributed by atoms with E-state index in [9.17, 15) is 13.2 Å². The second kappa shape index (κ2) is 12.1. The van der Waals surface area contributed by atoms with Gasteiger partial charge in [-0.15, -0.1) is 22.7 Å². The van der Waals surface area contributed by atoms with Crippen LogP contribution in [0, 0.1) is 17.5 Å². The van der Waals surface area contributed by atoms with E-state index >= 15 is 0 Å². The van der Waals surface area contributed by atoms with Crippen LogP contribution in [-0.2, 0) is 0 Å². The van der Waals surface area contributed by atoms with Crippen LogP contribution >= 0.6 is 22.7 Å². The summed E-state index contributed by atoms with van der Waals surface area (Å²) in [6.07, 6.45) is 0. The molecule has 2 heterocycles. The molecule has 0 bridgehead atoms. The van der Waals surface area contributed by atoms with Gasteiger partial charge >= 0.3 is 0 Å². The molecule has 2 aromatic heterocycles. The molecule has 0 amide bonds. The Kier molecular flexibility index (Phi) is 8.37. The molecule has 0 fully saturated rings. The number of thiophene rings is 2. The molecular weight excluding hydrogens is 569 g/mol. The average Bonchev–Trinajstić information content (AvgIpc) is 3.64. The minimum Gasteiger partial charge on any atom is -0.497 e. The second-order valence-electron chi connectivity index (χ2n) is 8.80. The Bertz CT molecular complexity index is 1810. The zero-order chi connectivity index (χ0) is 29.1. The van der Waals surface area contributed by atoms with Gasteiger partial charge in [-0.1, -0.05) is 0 Å². The number of fused-ring (bicyclic) bond motifs is 2. The standard InChI is InChI=1S/C16H12F2O2S.C16H13FO2S/c1-19-11-5-3-9(4-6-11)13-8-10-7-12(17)15(20-2)14(18)16(10)21-13;1-18-12-6-3-10(4-7-12)14-9-11-5-8-13(19-2)15(17)16(11)20-14/h3-8H,1-2H3;3-9H,1-2H3. The summed E-state index contributed by atoms with van der Waals surface area (Å²) in [6, 6.07) is 23.8. The van der Waals surface area contributed by atoms with Gasteiger partial charge in [0.15, 0.2) is 29.0 Å². The van der Waals surface area contributed by atoms with Crippen molar-refractivity contribution in [3.8, 4) is 43.9 Å². The molecular formula is C32H25F3O4S2. The van der Waals surface area contributed by atoms with Crippen LogP contribution < -0.4 is 18.9 Å². The zero-order valence-corrected chi connectivity index (χ0v) is 24.2. The van der Waals surface area contributed by atoms with E-state index in [1.165, 1.54) is 43.0 Å². The van der Waals surface area contributed by atoms with E-state index in [1.807, 2.05) is 60.7 Å². The molecule has 0 N–H and O–H groups in total. The highest BCUT2D eigenvalue weighted by atomic mass is 32.1. The van der Waals surface area contributed by atoms with Crippen LogP contribution in [0.2, 0.25) is 0 Å². The fraction of sp³-hybridized carbons (Fsp3) is 0.125. The van der Waals surface area contributed by atoms with E-state index in [2.05, 4.69) is 0 Å². The van der Waals surface area contributed by atoms with Crippen LogP contribution in [0.25, 0.3) is 41.1 Å². The predicted molar refractivity (Wildman–Crippen MR) is 161 cm³/mol. The van der Waals surface area contributed by atoms with E-state index in [4.69, 9.17) is 18.9 Å². The Balaban J connectivity index is 0.000000165. The third-order valence-electron chi connectivity index (χ3n) is 6.42. The summed E-state index contributed by atoms with van der Waals surface area (Å²) < 4.78 is 63.1. The summed E-state index contributed by atoms with van der Waals surface area (Å²) in [4.78, 5) is 1.88. The SMILES string of the molecule is COc1ccc(-c2cc3cc(F)c(OC)c(F)c3s2)cc1.COc1ccc(-c2cc3ccc(OC)c(F)c3s2)cc1. The topological polar surface area (TPSA) is 36.9 Å². The first-order valence-corrected chi connectivity index (χ1v) is 14.0. The highest BCUT2D eigenvalue weighted by Gasteiger charge is 2.17. The van der Waals surface area contributed by atoms with Gasteiger partial charge in [-0.2, -0.15) is 0 Å². The van der Waals surface area contributed by atoms with E-state index in [0.717, 1.165) is 37.8 Å². The number of rotatable bonds is 6. The predicted octanol–water partition coefficient (Wildman–Crippen LogP) is 9.59. The molecule has 0 unspecified atom stereocenters. The molecule has 0 saturated carbocycles. The van der Waals surface area contributed by atoms with E-state index < -0.39 is 11.6 Å². The number of benzene rings is 4. The van der Waals surface area contributed by atoms with Crippen molar-refractivity contribution in [1.82, 2.24) is 0 Å². The molecule has 41 heavy (non-hydrogen) atoms. The number of halogens is 3. The molecule has 4 aromatic carbocycles. The Morgan fingerprint density at radius 2 is 1.02 bits per heavy atom. The van der Waals surface area contributed by atoms with Gasteiger partial charge < -0.3 is 18.9 Å². The van der Waals surface area contributed by atoms with Gasteiger partial charge in [-0.05, 0) is 101 Å². The highest BCUT2D eigenvalue weighted by Crippen LogP contribution is 2.40. The monoisotopic (exact) mass is 594 g/mol. The van der Waals surface area contributed by atoms with Gasteiger partial charge in [-0.25, -0.2) is 13.2 Å². The molecule has 0 aliphatic heterocycles. The molecule has 0 spiro atoms. The molecule has 0 atom stereocenters. The third kappa shape index (κ3) is 5.68. The minimum atomic E-state index is -0.693. The van der Waals surface area contributed by atoms with Crippen molar-refractivity contribution in [1.29, 1.82) is 0 Å². The fourth-order valence-electron chi connectivity index (χ4n) is 4.28. The smallest absolute Gasteiger partial charge is 0.191 e. The highest BCUT2D eigenvalue weighted by molar-refractivity contribution is 7.22. The van der Waals surface area contributed by atoms with Gasteiger partial charge in [-0.3, -0.25) is 0 Å². The van der Waals surface area contributed by atoms with Crippen LogP contribution in [-0.4, -0.2) is 28.4 Å². The maximum Gasteiger partial charge on any atom is 0.191 e. The fourth-order valence-corrected chi connectivity index (χ4v) is 6.46. The summed E-state index contributed by atoms with van der Waals surface area (Å²) >= 11 is 2.69. The molecule has 0 saturated heterocycles. The lowest BCUT2D eigenvalue weighted by Crippen LogP contribution is -1.92. The van der Waals surface area contributed by atoms with Crippen molar-refractivity contribution < 1.29 is 32.1 Å². The molecule has 0 aliphatic rings. The quantitative estimate of drug-likeness (QED) is 0.192. The first-order valence-electron chi connectivity index (χ1n) is 12.4. The van der Waals surface area contributed by atoms with E-state index in [0.29, 0.717) is 14.8 Å². The second-order valence-corrected chi connectivity index (χ2v) is 10.9. The summed E-state index contributed by atoms with van der Waals surface area (Å²) in [6.45, 7) is 0. The molecule has 6 rings (SSSR count). The van der Waals surface area contributed by atoms with Crippen molar-refractivity contribution in [2.75, 3.05) is 28.4 Å². The Morgan fingerprint density at radius 3 is 1.51 bits per heavy atom. The minimum absolute atomic E-state index is 0.278. The van der Waals surface area contributed by atoms with Gasteiger partial charge in [0.1, 0.15) is 11.5 Å². The third-order valence-corrected chi connectivity index (χ3v) is 8.81. The van der Waals surface area contributed by atoms with Gasteiger partial charge in [0.25, 0.3) is 0 Å². The molecule has 210 valence electrons. The van der Waals surface area contributed by atoms with Crippen LogP contribution in [0.5, 0.6) is 23.0 Å². The lowest BCUT2D eigenvalue weighted by Gasteiger charge is -2.03. The maximum absolute atomic E-state index is 14.2. The summed E-state index contributed by atoms with van der Waals surface area (Å²) in [7, 11) is 5.96. The zero-order valence-electron chi connectivity index (χ0n) is 22.6. The van der Waals surface area contributed by atoms with Crippen LogP contribution in [0.1, 0.15) is 0 Å². The molecule has 0 radical (unpaired) electrons. The summed E-state index contributed by atoms with van der Waals surface area (Å²) in [5.41, 5.74) is 1.97. The normalized spacial score (nSPS) is 10.8. The Hall–Kier alpha value is -4.21. The maximum atomic E-state index is 14.2. The van der Waals surface area contributed by atoms with Gasteiger partial charge in [0.05, 0.1) is 37.8 Å². The number of hydrogen-bond donors (Lipinski definition) is 0. The number of methoxy groups -OCH3 is 4.